The Hall–Kier alpha value is -0.850. The van der Waals surface area contributed by atoms with Crippen molar-refractivity contribution in [3.8, 4) is 0 Å². The molecule has 0 aliphatic carbocycles. The van der Waals surface area contributed by atoms with E-state index >= 15 is 0 Å². The Bertz CT molecular complexity index is 399. The van der Waals surface area contributed by atoms with Crippen LogP contribution < -0.4 is 4.72 Å². The molecule has 1 aromatic rings. The van der Waals surface area contributed by atoms with Crippen LogP contribution in [0.3, 0.4) is 0 Å². The van der Waals surface area contributed by atoms with Crippen molar-refractivity contribution >= 4 is 10.0 Å². The van der Waals surface area contributed by atoms with Crippen molar-refractivity contribution < 1.29 is 17.9 Å². The van der Waals surface area contributed by atoms with Crippen LogP contribution in [0, 0.1) is 0 Å². The summed E-state index contributed by atoms with van der Waals surface area (Å²) in [7, 11) is -3.20. The van der Waals surface area contributed by atoms with Crippen molar-refractivity contribution in [3.05, 3.63) is 24.2 Å². The first-order valence-corrected chi connectivity index (χ1v) is 7.39. The summed E-state index contributed by atoms with van der Waals surface area (Å²) in [6, 6.07) is 3.35. The van der Waals surface area contributed by atoms with E-state index in [4.69, 9.17) is 4.42 Å². The number of hydrogen-bond donors (Lipinski definition) is 2. The molecule has 0 aliphatic rings. The fraction of sp³-hybridized carbons (Fsp3) is 0.636. The van der Waals surface area contributed by atoms with E-state index in [9.17, 15) is 13.5 Å². The number of unbranched alkanes of at least 4 members (excludes halogenated alkanes) is 1. The van der Waals surface area contributed by atoms with Crippen LogP contribution in [0.1, 0.15) is 38.1 Å². The Morgan fingerprint density at radius 1 is 1.53 bits per heavy atom. The summed E-state index contributed by atoms with van der Waals surface area (Å²) in [5.41, 5.74) is 0. The highest BCUT2D eigenvalue weighted by molar-refractivity contribution is 7.89. The van der Waals surface area contributed by atoms with Gasteiger partial charge in [0.05, 0.1) is 12.0 Å². The molecule has 0 bridgehead atoms. The molecule has 0 aliphatic heterocycles. The van der Waals surface area contributed by atoms with Gasteiger partial charge in [-0.1, -0.05) is 13.3 Å². The SMILES string of the molecule is CCCCS(=O)(=O)NCCC(O)c1ccco1. The highest BCUT2D eigenvalue weighted by Gasteiger charge is 2.13. The van der Waals surface area contributed by atoms with Crippen LogP contribution in [0.25, 0.3) is 0 Å². The molecule has 0 fully saturated rings. The highest BCUT2D eigenvalue weighted by atomic mass is 32.2. The predicted molar refractivity (Wildman–Crippen MR) is 65.0 cm³/mol. The second-order valence-corrected chi connectivity index (χ2v) is 5.81. The fourth-order valence-corrected chi connectivity index (χ4v) is 2.62. The maximum Gasteiger partial charge on any atom is 0.211 e. The Labute approximate surface area is 102 Å². The molecule has 1 heterocycles. The van der Waals surface area contributed by atoms with E-state index in [-0.39, 0.29) is 12.3 Å². The molecule has 6 heteroatoms. The quantitative estimate of drug-likeness (QED) is 0.741. The Morgan fingerprint density at radius 2 is 2.29 bits per heavy atom. The lowest BCUT2D eigenvalue weighted by molar-refractivity contribution is 0.142. The minimum Gasteiger partial charge on any atom is -0.467 e. The lowest BCUT2D eigenvalue weighted by Gasteiger charge is -2.09. The number of hydrogen-bond acceptors (Lipinski definition) is 4. The summed E-state index contributed by atoms with van der Waals surface area (Å²) in [4.78, 5) is 0. The molecule has 98 valence electrons. The topological polar surface area (TPSA) is 79.5 Å². The van der Waals surface area contributed by atoms with Gasteiger partial charge < -0.3 is 9.52 Å². The average molecular weight is 261 g/mol. The summed E-state index contributed by atoms with van der Waals surface area (Å²) >= 11 is 0. The number of nitrogens with one attached hydrogen (secondary N) is 1. The Kier molecular flexibility index (Phi) is 5.67. The van der Waals surface area contributed by atoms with E-state index < -0.39 is 16.1 Å². The van der Waals surface area contributed by atoms with Crippen LogP contribution in [0.2, 0.25) is 0 Å². The minimum absolute atomic E-state index is 0.139. The second kappa shape index (κ2) is 6.78. The number of aliphatic hydroxyl groups is 1. The number of sulfonamides is 1. The highest BCUT2D eigenvalue weighted by Crippen LogP contribution is 2.15. The van der Waals surface area contributed by atoms with Crippen LogP contribution in [-0.4, -0.2) is 25.8 Å². The molecular formula is C11H19NO4S. The molecule has 1 rings (SSSR count). The van der Waals surface area contributed by atoms with Crippen molar-refractivity contribution in [3.63, 3.8) is 0 Å². The van der Waals surface area contributed by atoms with E-state index in [1.165, 1.54) is 6.26 Å². The molecule has 0 saturated heterocycles. The molecular weight excluding hydrogens is 242 g/mol. The van der Waals surface area contributed by atoms with Crippen LogP contribution in [0.5, 0.6) is 0 Å². The third-order valence-corrected chi connectivity index (χ3v) is 3.85. The van der Waals surface area contributed by atoms with Gasteiger partial charge in [-0.3, -0.25) is 0 Å². The number of furan rings is 1. The van der Waals surface area contributed by atoms with Crippen LogP contribution in [0.15, 0.2) is 22.8 Å². The van der Waals surface area contributed by atoms with Crippen molar-refractivity contribution in [1.29, 1.82) is 0 Å². The average Bonchev–Trinajstić information content (AvgIpc) is 2.79. The maximum atomic E-state index is 11.4. The first-order valence-electron chi connectivity index (χ1n) is 5.74. The van der Waals surface area contributed by atoms with E-state index in [1.807, 2.05) is 6.92 Å². The largest absolute Gasteiger partial charge is 0.467 e. The summed E-state index contributed by atoms with van der Waals surface area (Å²) in [6.07, 6.45) is 2.51. The van der Waals surface area contributed by atoms with Crippen LogP contribution in [-0.2, 0) is 10.0 Å². The van der Waals surface area contributed by atoms with Gasteiger partial charge in [0.15, 0.2) is 0 Å². The Balaban J connectivity index is 2.28. The molecule has 1 atom stereocenters. The molecule has 0 radical (unpaired) electrons. The molecule has 17 heavy (non-hydrogen) atoms. The third kappa shape index (κ3) is 5.34. The lowest BCUT2D eigenvalue weighted by Crippen LogP contribution is -2.28. The van der Waals surface area contributed by atoms with Crippen molar-refractivity contribution in [1.82, 2.24) is 4.72 Å². The Morgan fingerprint density at radius 3 is 2.88 bits per heavy atom. The van der Waals surface area contributed by atoms with Crippen LogP contribution >= 0.6 is 0 Å². The zero-order chi connectivity index (χ0) is 12.7. The van der Waals surface area contributed by atoms with Gasteiger partial charge in [-0.2, -0.15) is 0 Å². The van der Waals surface area contributed by atoms with E-state index in [0.717, 1.165) is 6.42 Å². The molecule has 0 spiro atoms. The molecule has 2 N–H and O–H groups in total. The zero-order valence-electron chi connectivity index (χ0n) is 9.93. The van der Waals surface area contributed by atoms with Gasteiger partial charge in [-0.25, -0.2) is 13.1 Å². The summed E-state index contributed by atoms with van der Waals surface area (Å²) in [6.45, 7) is 2.16. The molecule has 0 amide bonds. The van der Waals surface area contributed by atoms with E-state index in [2.05, 4.69) is 4.72 Å². The lowest BCUT2D eigenvalue weighted by atomic mass is 10.2. The molecule has 5 nitrogen and oxygen atoms in total. The molecule has 0 aromatic carbocycles. The minimum atomic E-state index is -3.20. The third-order valence-electron chi connectivity index (χ3n) is 2.38. The van der Waals surface area contributed by atoms with E-state index in [0.29, 0.717) is 18.6 Å². The summed E-state index contributed by atoms with van der Waals surface area (Å²) in [5.74, 6) is 0.595. The first-order chi connectivity index (χ1) is 8.05. The van der Waals surface area contributed by atoms with Gasteiger partial charge in [-0.15, -0.1) is 0 Å². The van der Waals surface area contributed by atoms with Gasteiger partial charge in [0.25, 0.3) is 0 Å². The monoisotopic (exact) mass is 261 g/mol. The fourth-order valence-electron chi connectivity index (χ4n) is 1.38. The van der Waals surface area contributed by atoms with Crippen molar-refractivity contribution in [2.75, 3.05) is 12.3 Å². The normalized spacial score (nSPS) is 13.8. The molecule has 0 saturated carbocycles. The van der Waals surface area contributed by atoms with E-state index in [1.54, 1.807) is 12.1 Å². The molecule has 1 unspecified atom stereocenters. The number of rotatable bonds is 8. The first kappa shape index (κ1) is 14.2. The second-order valence-electron chi connectivity index (χ2n) is 3.89. The van der Waals surface area contributed by atoms with Gasteiger partial charge in [-0.05, 0) is 25.0 Å². The smallest absolute Gasteiger partial charge is 0.211 e. The maximum absolute atomic E-state index is 11.4. The van der Waals surface area contributed by atoms with Gasteiger partial charge >= 0.3 is 0 Å². The van der Waals surface area contributed by atoms with Crippen LogP contribution in [0.4, 0.5) is 0 Å². The van der Waals surface area contributed by atoms with Gasteiger partial charge in [0.1, 0.15) is 11.9 Å². The summed E-state index contributed by atoms with van der Waals surface area (Å²) in [5, 5.41) is 9.65. The zero-order valence-corrected chi connectivity index (χ0v) is 10.7. The van der Waals surface area contributed by atoms with Crippen molar-refractivity contribution in [2.45, 2.75) is 32.3 Å². The molecule has 1 aromatic heterocycles. The number of aliphatic hydroxyl groups excluding tert-OH is 1. The summed E-state index contributed by atoms with van der Waals surface area (Å²) < 4.78 is 30.4. The van der Waals surface area contributed by atoms with Gasteiger partial charge in [0.2, 0.25) is 10.0 Å². The van der Waals surface area contributed by atoms with Gasteiger partial charge in [0, 0.05) is 6.54 Å². The predicted octanol–water partition coefficient (Wildman–Crippen LogP) is 1.42. The van der Waals surface area contributed by atoms with Crippen molar-refractivity contribution in [2.24, 2.45) is 0 Å². The standard InChI is InChI=1S/C11H19NO4S/c1-2-3-9-17(14,15)12-7-6-10(13)11-5-4-8-16-11/h4-5,8,10,12-13H,2-3,6-7,9H2,1H3.